The van der Waals surface area contributed by atoms with E-state index in [0.29, 0.717) is 18.7 Å². The van der Waals surface area contributed by atoms with Gasteiger partial charge in [0.15, 0.2) is 0 Å². The zero-order valence-electron chi connectivity index (χ0n) is 11.6. The quantitative estimate of drug-likeness (QED) is 0.873. The van der Waals surface area contributed by atoms with Crippen molar-refractivity contribution in [2.75, 3.05) is 25.0 Å². The minimum Gasteiger partial charge on any atom is -0.362 e. The van der Waals surface area contributed by atoms with E-state index in [1.807, 2.05) is 13.0 Å². The van der Waals surface area contributed by atoms with Crippen molar-refractivity contribution in [1.82, 2.24) is 5.32 Å². The minimum absolute atomic E-state index is 0.263. The van der Waals surface area contributed by atoms with E-state index in [0.717, 1.165) is 5.56 Å². The molecule has 0 aliphatic heterocycles. The SMILES string of the molecule is CCCN(CC(F)(F)F)c1ccc(CNC)cc1C#N. The molecule has 1 aromatic rings. The molecule has 0 unspecified atom stereocenters. The molecule has 0 amide bonds. The first-order valence-electron chi connectivity index (χ1n) is 6.40. The van der Waals surface area contributed by atoms with Crippen LogP contribution in [0.3, 0.4) is 0 Å². The number of nitrogens with zero attached hydrogens (tertiary/aromatic N) is 2. The van der Waals surface area contributed by atoms with Gasteiger partial charge in [0, 0.05) is 13.1 Å². The lowest BCUT2D eigenvalue weighted by Crippen LogP contribution is -2.35. The smallest absolute Gasteiger partial charge is 0.362 e. The van der Waals surface area contributed by atoms with Gasteiger partial charge >= 0.3 is 6.18 Å². The van der Waals surface area contributed by atoms with Crippen molar-refractivity contribution in [2.45, 2.75) is 26.1 Å². The third kappa shape index (κ3) is 4.74. The first-order valence-corrected chi connectivity index (χ1v) is 6.40. The Morgan fingerprint density at radius 2 is 2.05 bits per heavy atom. The highest BCUT2D eigenvalue weighted by Crippen LogP contribution is 2.26. The normalized spacial score (nSPS) is 11.2. The van der Waals surface area contributed by atoms with E-state index in [9.17, 15) is 13.2 Å². The zero-order chi connectivity index (χ0) is 15.2. The summed E-state index contributed by atoms with van der Waals surface area (Å²) in [5, 5.41) is 12.1. The molecule has 0 saturated heterocycles. The van der Waals surface area contributed by atoms with Crippen molar-refractivity contribution >= 4 is 5.69 Å². The van der Waals surface area contributed by atoms with E-state index in [2.05, 4.69) is 5.32 Å². The number of benzene rings is 1. The lowest BCUT2D eigenvalue weighted by Gasteiger charge is -2.26. The lowest BCUT2D eigenvalue weighted by molar-refractivity contribution is -0.119. The molecule has 0 aliphatic carbocycles. The van der Waals surface area contributed by atoms with E-state index in [-0.39, 0.29) is 12.1 Å². The van der Waals surface area contributed by atoms with Gasteiger partial charge in [-0.15, -0.1) is 0 Å². The standard InChI is InChI=1S/C14H18F3N3/c1-3-6-20(10-14(15,16)17)13-5-4-11(9-19-2)7-12(13)8-18/h4-5,7,19H,3,6,9-10H2,1-2H3. The first-order chi connectivity index (χ1) is 9.41. The number of nitrogens with one attached hydrogen (secondary N) is 1. The summed E-state index contributed by atoms with van der Waals surface area (Å²) in [6.07, 6.45) is -3.70. The van der Waals surface area contributed by atoms with Crippen LogP contribution >= 0.6 is 0 Å². The molecular formula is C14H18F3N3. The zero-order valence-corrected chi connectivity index (χ0v) is 11.6. The van der Waals surface area contributed by atoms with Crippen LogP contribution in [0, 0.1) is 11.3 Å². The van der Waals surface area contributed by atoms with E-state index in [4.69, 9.17) is 5.26 Å². The maximum absolute atomic E-state index is 12.6. The summed E-state index contributed by atoms with van der Waals surface area (Å²) in [5.74, 6) is 0. The third-order valence-electron chi connectivity index (χ3n) is 2.77. The fourth-order valence-electron chi connectivity index (χ4n) is 2.03. The molecule has 110 valence electrons. The Kier molecular flexibility index (Phi) is 5.83. The molecule has 0 bridgehead atoms. The van der Waals surface area contributed by atoms with Crippen molar-refractivity contribution in [3.63, 3.8) is 0 Å². The molecule has 0 heterocycles. The van der Waals surface area contributed by atoms with Crippen molar-refractivity contribution in [3.8, 4) is 6.07 Å². The Bertz CT molecular complexity index is 478. The topological polar surface area (TPSA) is 39.1 Å². The third-order valence-corrected chi connectivity index (χ3v) is 2.77. The summed E-state index contributed by atoms with van der Waals surface area (Å²) in [7, 11) is 1.77. The van der Waals surface area contributed by atoms with Crippen LogP contribution in [0.4, 0.5) is 18.9 Å². The molecule has 3 nitrogen and oxygen atoms in total. The van der Waals surface area contributed by atoms with Crippen LogP contribution in [0.5, 0.6) is 0 Å². The van der Waals surface area contributed by atoms with Crippen LogP contribution in [0.1, 0.15) is 24.5 Å². The van der Waals surface area contributed by atoms with Crippen LogP contribution < -0.4 is 10.2 Å². The molecule has 0 saturated carbocycles. The molecule has 0 aliphatic rings. The monoisotopic (exact) mass is 285 g/mol. The van der Waals surface area contributed by atoms with Crippen molar-refractivity contribution in [1.29, 1.82) is 5.26 Å². The highest BCUT2D eigenvalue weighted by molar-refractivity contribution is 5.60. The maximum atomic E-state index is 12.6. The average Bonchev–Trinajstić information content (AvgIpc) is 2.37. The Morgan fingerprint density at radius 3 is 2.55 bits per heavy atom. The summed E-state index contributed by atoms with van der Waals surface area (Å²) in [4.78, 5) is 1.21. The molecule has 1 N–H and O–H groups in total. The van der Waals surface area contributed by atoms with Crippen molar-refractivity contribution in [3.05, 3.63) is 29.3 Å². The molecule has 6 heteroatoms. The summed E-state index contributed by atoms with van der Waals surface area (Å²) >= 11 is 0. The predicted octanol–water partition coefficient (Wildman–Crippen LogP) is 3.06. The van der Waals surface area contributed by atoms with Gasteiger partial charge in [-0.05, 0) is 31.2 Å². The number of halogens is 3. The van der Waals surface area contributed by atoms with Crippen LogP contribution in [0.25, 0.3) is 0 Å². The van der Waals surface area contributed by atoms with Gasteiger partial charge in [0.1, 0.15) is 12.6 Å². The van der Waals surface area contributed by atoms with Gasteiger partial charge in [-0.25, -0.2) is 0 Å². The Balaban J connectivity index is 3.10. The first kappa shape index (κ1) is 16.3. The second kappa shape index (κ2) is 7.15. The van der Waals surface area contributed by atoms with Gasteiger partial charge in [0.2, 0.25) is 0 Å². The molecule has 0 atom stereocenters. The second-order valence-electron chi connectivity index (χ2n) is 4.53. The van der Waals surface area contributed by atoms with E-state index in [1.165, 1.54) is 4.90 Å². The number of alkyl halides is 3. The Hall–Kier alpha value is -1.74. The van der Waals surface area contributed by atoms with Crippen molar-refractivity contribution < 1.29 is 13.2 Å². The molecular weight excluding hydrogens is 267 g/mol. The minimum atomic E-state index is -4.29. The predicted molar refractivity (Wildman–Crippen MR) is 72.5 cm³/mol. The highest BCUT2D eigenvalue weighted by atomic mass is 19.4. The summed E-state index contributed by atoms with van der Waals surface area (Å²) in [6.45, 7) is 1.60. The number of nitriles is 1. The number of anilines is 1. The van der Waals surface area contributed by atoms with E-state index >= 15 is 0 Å². The van der Waals surface area contributed by atoms with Crippen molar-refractivity contribution in [2.24, 2.45) is 0 Å². The summed E-state index contributed by atoms with van der Waals surface area (Å²) in [6, 6.07) is 6.94. The average molecular weight is 285 g/mol. The number of rotatable bonds is 6. The molecule has 0 aromatic heterocycles. The van der Waals surface area contributed by atoms with Gasteiger partial charge in [0.05, 0.1) is 11.3 Å². The number of hydrogen-bond donors (Lipinski definition) is 1. The van der Waals surface area contributed by atoms with Gasteiger partial charge in [-0.3, -0.25) is 0 Å². The second-order valence-corrected chi connectivity index (χ2v) is 4.53. The van der Waals surface area contributed by atoms with Gasteiger partial charge in [-0.2, -0.15) is 18.4 Å². The van der Waals surface area contributed by atoms with Crippen LogP contribution in [-0.2, 0) is 6.54 Å². The summed E-state index contributed by atoms with van der Waals surface area (Å²) in [5.41, 5.74) is 1.48. The lowest BCUT2D eigenvalue weighted by atomic mass is 10.1. The molecule has 1 rings (SSSR count). The molecule has 0 spiro atoms. The van der Waals surface area contributed by atoms with E-state index < -0.39 is 12.7 Å². The molecule has 20 heavy (non-hydrogen) atoms. The van der Waals surface area contributed by atoms with Gasteiger partial charge in [-0.1, -0.05) is 13.0 Å². The van der Waals surface area contributed by atoms with Gasteiger partial charge < -0.3 is 10.2 Å². The van der Waals surface area contributed by atoms with Crippen LogP contribution in [-0.4, -0.2) is 26.3 Å². The van der Waals surface area contributed by atoms with Gasteiger partial charge in [0.25, 0.3) is 0 Å². The summed E-state index contributed by atoms with van der Waals surface area (Å²) < 4.78 is 37.8. The maximum Gasteiger partial charge on any atom is 0.405 e. The highest BCUT2D eigenvalue weighted by Gasteiger charge is 2.31. The van der Waals surface area contributed by atoms with E-state index in [1.54, 1.807) is 25.2 Å². The molecule has 0 fully saturated rings. The fourth-order valence-corrected chi connectivity index (χ4v) is 2.03. The number of hydrogen-bond acceptors (Lipinski definition) is 3. The van der Waals surface area contributed by atoms with Crippen LogP contribution in [0.2, 0.25) is 0 Å². The Labute approximate surface area is 117 Å². The molecule has 1 aromatic carbocycles. The largest absolute Gasteiger partial charge is 0.405 e. The fraction of sp³-hybridized carbons (Fsp3) is 0.500. The molecule has 0 radical (unpaired) electrons. The van der Waals surface area contributed by atoms with Crippen LogP contribution in [0.15, 0.2) is 18.2 Å². The Morgan fingerprint density at radius 1 is 1.35 bits per heavy atom.